The Hall–Kier alpha value is -0.0301. The minimum Gasteiger partial charge on any atom is -0.314 e. The second-order valence-corrected chi connectivity index (χ2v) is 1.52. The summed E-state index contributed by atoms with van der Waals surface area (Å²) in [5.74, 6) is 0. The smallest absolute Gasteiger partial charge is 0.306 e. The van der Waals surface area contributed by atoms with Crippen molar-refractivity contribution in [1.82, 2.24) is 0 Å². The van der Waals surface area contributed by atoms with Gasteiger partial charge in [0.05, 0.1) is 0 Å². The molecule has 0 fully saturated rings. The molecule has 4 nitrogen and oxygen atoms in total. The molecule has 1 unspecified atom stereocenters. The van der Waals surface area contributed by atoms with Gasteiger partial charge in [-0.25, -0.2) is 4.89 Å². The van der Waals surface area contributed by atoms with Gasteiger partial charge in [0.1, 0.15) is 12.7 Å². The second kappa shape index (κ2) is 6.10. The zero-order valence-corrected chi connectivity index (χ0v) is 5.92. The lowest BCUT2D eigenvalue weighted by atomic mass is 10.4. The normalized spacial score (nSPS) is 13.4. The third-order valence-electron chi connectivity index (χ3n) is 0.681. The van der Waals surface area contributed by atoms with Crippen LogP contribution in [0.2, 0.25) is 0 Å². The van der Waals surface area contributed by atoms with E-state index in [1.54, 1.807) is 0 Å². The average molecular weight is 132 g/mol. The summed E-state index contributed by atoms with van der Waals surface area (Å²) in [5, 5.41) is 0. The summed E-state index contributed by atoms with van der Waals surface area (Å²) < 4.78 is 0. The summed E-state index contributed by atoms with van der Waals surface area (Å²) in [6.45, 7) is 2.17. The SMILES string of the molecule is BOOCC(C)OOB. The molecule has 0 saturated carbocycles. The number of hydrogen-bond acceptors (Lipinski definition) is 4. The van der Waals surface area contributed by atoms with Crippen LogP contribution < -0.4 is 0 Å². The van der Waals surface area contributed by atoms with Crippen molar-refractivity contribution in [2.45, 2.75) is 13.0 Å². The van der Waals surface area contributed by atoms with Crippen molar-refractivity contribution in [1.29, 1.82) is 0 Å². The third kappa shape index (κ3) is 5.85. The Kier molecular flexibility index (Phi) is 6.07. The van der Waals surface area contributed by atoms with E-state index in [1.807, 2.05) is 6.92 Å². The molecule has 0 aliphatic rings. The minimum atomic E-state index is -0.102. The van der Waals surface area contributed by atoms with Crippen molar-refractivity contribution in [3.8, 4) is 0 Å². The maximum Gasteiger partial charge on any atom is 0.306 e. The van der Waals surface area contributed by atoms with Gasteiger partial charge >= 0.3 is 16.1 Å². The standard InChI is InChI=1S/C3H10B2O4/c1-3(7-9-5)2-6-8-4/h3H,2,4-5H2,1H3. The van der Waals surface area contributed by atoms with Crippen LogP contribution in [0.3, 0.4) is 0 Å². The monoisotopic (exact) mass is 132 g/mol. The van der Waals surface area contributed by atoms with Gasteiger partial charge in [0.15, 0.2) is 0 Å². The molecule has 0 radical (unpaired) electrons. The first-order chi connectivity index (χ1) is 4.31. The summed E-state index contributed by atoms with van der Waals surface area (Å²) in [7, 11) is 2.89. The molecule has 0 aromatic heterocycles. The van der Waals surface area contributed by atoms with Crippen molar-refractivity contribution >= 4 is 16.1 Å². The quantitative estimate of drug-likeness (QED) is 0.255. The van der Waals surface area contributed by atoms with Crippen LogP contribution in [-0.4, -0.2) is 28.8 Å². The Morgan fingerprint density at radius 3 is 2.44 bits per heavy atom. The number of rotatable bonds is 5. The molecule has 0 heterocycles. The molecular formula is C3H10B2O4. The zero-order valence-electron chi connectivity index (χ0n) is 5.92. The fraction of sp³-hybridized carbons (Fsp3) is 1.00. The van der Waals surface area contributed by atoms with Crippen LogP contribution in [0, 0.1) is 0 Å². The highest BCUT2D eigenvalue weighted by molar-refractivity contribution is 5.97. The molecule has 0 N–H and O–H groups in total. The predicted molar refractivity (Wildman–Crippen MR) is 35.8 cm³/mol. The fourth-order valence-electron chi connectivity index (χ4n) is 0.356. The van der Waals surface area contributed by atoms with E-state index in [0.717, 1.165) is 0 Å². The van der Waals surface area contributed by atoms with Gasteiger partial charge in [-0.05, 0) is 6.92 Å². The van der Waals surface area contributed by atoms with Crippen LogP contribution in [0.25, 0.3) is 0 Å². The molecule has 0 saturated heterocycles. The van der Waals surface area contributed by atoms with Crippen LogP contribution in [-0.2, 0) is 19.4 Å². The van der Waals surface area contributed by atoms with Crippen molar-refractivity contribution < 1.29 is 19.4 Å². The van der Waals surface area contributed by atoms with Crippen molar-refractivity contribution in [2.75, 3.05) is 6.61 Å². The molecule has 0 spiro atoms. The van der Waals surface area contributed by atoms with Crippen LogP contribution in [0.15, 0.2) is 0 Å². The van der Waals surface area contributed by atoms with E-state index < -0.39 is 0 Å². The molecule has 0 amide bonds. The van der Waals surface area contributed by atoms with E-state index in [4.69, 9.17) is 0 Å². The topological polar surface area (TPSA) is 36.9 Å². The van der Waals surface area contributed by atoms with Gasteiger partial charge in [0.25, 0.3) is 0 Å². The van der Waals surface area contributed by atoms with E-state index in [-0.39, 0.29) is 6.10 Å². The zero-order chi connectivity index (χ0) is 7.11. The fourth-order valence-corrected chi connectivity index (χ4v) is 0.356. The predicted octanol–water partition coefficient (Wildman–Crippen LogP) is -1.63. The molecule has 0 aliphatic heterocycles. The van der Waals surface area contributed by atoms with Gasteiger partial charge in [-0.2, -0.15) is 0 Å². The summed E-state index contributed by atoms with van der Waals surface area (Å²) in [4.78, 5) is 17.9. The molecule has 9 heavy (non-hydrogen) atoms. The van der Waals surface area contributed by atoms with E-state index in [9.17, 15) is 0 Å². The molecule has 1 atom stereocenters. The maximum atomic E-state index is 4.64. The van der Waals surface area contributed by atoms with Crippen molar-refractivity contribution in [2.24, 2.45) is 0 Å². The molecule has 0 bridgehead atoms. The molecule has 52 valence electrons. The second-order valence-electron chi connectivity index (χ2n) is 1.52. The van der Waals surface area contributed by atoms with Crippen LogP contribution in [0.1, 0.15) is 6.92 Å². The summed E-state index contributed by atoms with van der Waals surface area (Å²) >= 11 is 0. The molecule has 0 aromatic rings. The minimum absolute atomic E-state index is 0.102. The highest BCUT2D eigenvalue weighted by Gasteiger charge is 2.00. The lowest BCUT2D eigenvalue weighted by molar-refractivity contribution is -0.288. The van der Waals surface area contributed by atoms with E-state index in [2.05, 4.69) is 19.4 Å². The first kappa shape index (κ1) is 8.97. The maximum absolute atomic E-state index is 4.64. The van der Waals surface area contributed by atoms with Crippen LogP contribution in [0.5, 0.6) is 0 Å². The van der Waals surface area contributed by atoms with E-state index in [0.29, 0.717) is 6.61 Å². The van der Waals surface area contributed by atoms with Crippen LogP contribution >= 0.6 is 0 Å². The first-order valence-electron chi connectivity index (χ1n) is 2.66. The summed E-state index contributed by atoms with van der Waals surface area (Å²) in [5.41, 5.74) is 0. The van der Waals surface area contributed by atoms with Gasteiger partial charge < -0.3 is 9.61 Å². The molecule has 6 heteroatoms. The Labute approximate surface area is 56.2 Å². The highest BCUT2D eigenvalue weighted by atomic mass is 17.2. The van der Waals surface area contributed by atoms with Gasteiger partial charge in [-0.3, -0.25) is 4.89 Å². The molecule has 0 rings (SSSR count). The Morgan fingerprint density at radius 1 is 1.33 bits per heavy atom. The molecule has 0 aliphatic carbocycles. The first-order valence-corrected chi connectivity index (χ1v) is 2.66. The largest absolute Gasteiger partial charge is 0.314 e. The average Bonchev–Trinajstić information content (AvgIpc) is 1.85. The van der Waals surface area contributed by atoms with Crippen LogP contribution in [0.4, 0.5) is 0 Å². The Morgan fingerprint density at radius 2 is 2.00 bits per heavy atom. The van der Waals surface area contributed by atoms with Gasteiger partial charge in [0.2, 0.25) is 0 Å². The third-order valence-corrected chi connectivity index (χ3v) is 0.681. The molecule has 0 aromatic carbocycles. The lowest BCUT2D eigenvalue weighted by Crippen LogP contribution is -2.15. The van der Waals surface area contributed by atoms with Gasteiger partial charge in [-0.15, -0.1) is 0 Å². The number of hydrogen-bond donors (Lipinski definition) is 0. The van der Waals surface area contributed by atoms with E-state index in [1.165, 1.54) is 16.1 Å². The summed E-state index contributed by atoms with van der Waals surface area (Å²) in [6.07, 6.45) is -0.102. The molecular weight excluding hydrogens is 122 g/mol. The summed E-state index contributed by atoms with van der Waals surface area (Å²) in [6, 6.07) is 0. The van der Waals surface area contributed by atoms with Gasteiger partial charge in [0, 0.05) is 0 Å². The lowest BCUT2D eigenvalue weighted by Gasteiger charge is -2.08. The van der Waals surface area contributed by atoms with E-state index >= 15 is 0 Å². The van der Waals surface area contributed by atoms with Gasteiger partial charge in [-0.1, -0.05) is 0 Å². The van der Waals surface area contributed by atoms with Crippen molar-refractivity contribution in [3.63, 3.8) is 0 Å². The van der Waals surface area contributed by atoms with Crippen molar-refractivity contribution in [3.05, 3.63) is 0 Å². The highest BCUT2D eigenvalue weighted by Crippen LogP contribution is 1.90. The Bertz CT molecular complexity index is 61.8. The Balaban J connectivity index is 2.95.